The van der Waals surface area contributed by atoms with Crippen LogP contribution in [0.2, 0.25) is 0 Å². The highest BCUT2D eigenvalue weighted by molar-refractivity contribution is 5.93. The summed E-state index contributed by atoms with van der Waals surface area (Å²) >= 11 is 0. The lowest BCUT2D eigenvalue weighted by Gasteiger charge is -2.20. The highest BCUT2D eigenvalue weighted by atomic mass is 16.5. The zero-order valence-corrected chi connectivity index (χ0v) is 12.9. The molecular weight excluding hydrogens is 296 g/mol. The third kappa shape index (κ3) is 3.11. The second kappa shape index (κ2) is 6.24. The number of rotatable bonds is 3. The van der Waals surface area contributed by atoms with Crippen molar-refractivity contribution in [3.63, 3.8) is 0 Å². The van der Waals surface area contributed by atoms with Crippen molar-refractivity contribution in [2.24, 2.45) is 0 Å². The van der Waals surface area contributed by atoms with Gasteiger partial charge in [-0.2, -0.15) is 0 Å². The molecular formula is C17H18N2O4. The van der Waals surface area contributed by atoms with Crippen molar-refractivity contribution >= 4 is 22.8 Å². The zero-order chi connectivity index (χ0) is 16.4. The second-order valence-electron chi connectivity index (χ2n) is 5.67. The summed E-state index contributed by atoms with van der Waals surface area (Å²) in [5, 5.41) is 0.505. The number of benzene rings is 1. The number of pyridine rings is 1. The van der Waals surface area contributed by atoms with E-state index in [0.717, 1.165) is 12.8 Å². The molecule has 1 aliphatic heterocycles. The predicted molar refractivity (Wildman–Crippen MR) is 85.3 cm³/mol. The van der Waals surface area contributed by atoms with Gasteiger partial charge < -0.3 is 14.6 Å². The molecule has 6 nitrogen and oxygen atoms in total. The van der Waals surface area contributed by atoms with Crippen LogP contribution in [0.25, 0.3) is 10.9 Å². The summed E-state index contributed by atoms with van der Waals surface area (Å²) in [6, 6.07) is 8.13. The Morgan fingerprint density at radius 3 is 2.65 bits per heavy atom. The van der Waals surface area contributed by atoms with Gasteiger partial charge in [0.1, 0.15) is 5.69 Å². The van der Waals surface area contributed by atoms with Crippen LogP contribution in [0, 0.1) is 0 Å². The molecule has 1 amide bonds. The maximum atomic E-state index is 12.2. The van der Waals surface area contributed by atoms with Gasteiger partial charge in [-0.25, -0.2) is 4.79 Å². The van der Waals surface area contributed by atoms with Gasteiger partial charge in [-0.15, -0.1) is 0 Å². The number of carbonyl (C=O) groups is 2. The van der Waals surface area contributed by atoms with Gasteiger partial charge in [0.2, 0.25) is 0 Å². The molecule has 1 fully saturated rings. The van der Waals surface area contributed by atoms with Crippen LogP contribution in [0.4, 0.5) is 0 Å². The minimum absolute atomic E-state index is 0.0507. The van der Waals surface area contributed by atoms with Crippen LogP contribution in [0.1, 0.15) is 30.3 Å². The number of nitrogens with zero attached hydrogens (tertiary/aromatic N) is 1. The van der Waals surface area contributed by atoms with Crippen molar-refractivity contribution in [2.75, 3.05) is 13.1 Å². The summed E-state index contributed by atoms with van der Waals surface area (Å²) in [4.78, 5) is 41.0. The SMILES string of the molecule is C[C@H](OC(=O)c1cc(=O)c2ccccc2[nH]1)C(=O)N1CCCC1. The van der Waals surface area contributed by atoms with E-state index in [1.807, 2.05) is 0 Å². The molecule has 1 aromatic heterocycles. The Balaban J connectivity index is 1.77. The fraction of sp³-hybridized carbons (Fsp3) is 0.353. The number of nitrogens with one attached hydrogen (secondary N) is 1. The summed E-state index contributed by atoms with van der Waals surface area (Å²) in [7, 11) is 0. The van der Waals surface area contributed by atoms with Gasteiger partial charge in [0.15, 0.2) is 11.5 Å². The molecule has 1 aliphatic rings. The topological polar surface area (TPSA) is 79.5 Å². The number of hydrogen-bond donors (Lipinski definition) is 1. The molecule has 0 radical (unpaired) electrons. The van der Waals surface area contributed by atoms with E-state index in [9.17, 15) is 14.4 Å². The number of aromatic amines is 1. The predicted octanol–water partition coefficient (Wildman–Crippen LogP) is 1.70. The molecule has 3 rings (SSSR count). The minimum atomic E-state index is -0.865. The molecule has 23 heavy (non-hydrogen) atoms. The average molecular weight is 314 g/mol. The lowest BCUT2D eigenvalue weighted by molar-refractivity contribution is -0.138. The molecule has 0 bridgehead atoms. The van der Waals surface area contributed by atoms with E-state index in [0.29, 0.717) is 24.0 Å². The van der Waals surface area contributed by atoms with Crippen LogP contribution in [0.15, 0.2) is 35.1 Å². The molecule has 1 aromatic carbocycles. The fourth-order valence-electron chi connectivity index (χ4n) is 2.78. The summed E-state index contributed by atoms with van der Waals surface area (Å²) in [5.41, 5.74) is 0.352. The van der Waals surface area contributed by atoms with Crippen LogP contribution in [0.3, 0.4) is 0 Å². The molecule has 0 aliphatic carbocycles. The first kappa shape index (κ1) is 15.3. The largest absolute Gasteiger partial charge is 0.448 e. The van der Waals surface area contributed by atoms with Gasteiger partial charge in [-0.3, -0.25) is 9.59 Å². The van der Waals surface area contributed by atoms with Crippen LogP contribution in [-0.2, 0) is 9.53 Å². The second-order valence-corrected chi connectivity index (χ2v) is 5.67. The van der Waals surface area contributed by atoms with Crippen LogP contribution >= 0.6 is 0 Å². The van der Waals surface area contributed by atoms with Gasteiger partial charge >= 0.3 is 5.97 Å². The molecule has 2 aromatic rings. The van der Waals surface area contributed by atoms with E-state index < -0.39 is 12.1 Å². The standard InChI is InChI=1S/C17H18N2O4/c1-11(16(21)19-8-4-5-9-19)23-17(22)14-10-15(20)12-6-2-3-7-13(12)18-14/h2-3,6-7,10-11H,4-5,8-9H2,1H3,(H,18,20)/t11-/m0/s1. The van der Waals surface area contributed by atoms with E-state index in [4.69, 9.17) is 4.74 Å². The smallest absolute Gasteiger partial charge is 0.355 e. The number of para-hydroxylation sites is 1. The third-order valence-electron chi connectivity index (χ3n) is 4.01. The first-order chi connectivity index (χ1) is 11.1. The van der Waals surface area contributed by atoms with Crippen molar-refractivity contribution in [3.8, 4) is 0 Å². The Bertz CT molecular complexity index is 806. The zero-order valence-electron chi connectivity index (χ0n) is 12.9. The van der Waals surface area contributed by atoms with E-state index in [1.54, 1.807) is 36.1 Å². The van der Waals surface area contributed by atoms with E-state index in [2.05, 4.69) is 4.98 Å². The van der Waals surface area contributed by atoms with Crippen molar-refractivity contribution in [2.45, 2.75) is 25.9 Å². The molecule has 1 N–H and O–H groups in total. The van der Waals surface area contributed by atoms with Crippen LogP contribution in [-0.4, -0.2) is 41.0 Å². The Morgan fingerprint density at radius 1 is 1.22 bits per heavy atom. The van der Waals surface area contributed by atoms with E-state index in [1.165, 1.54) is 6.07 Å². The Hall–Kier alpha value is -2.63. The summed E-state index contributed by atoms with van der Waals surface area (Å²) in [5.74, 6) is -0.896. The van der Waals surface area contributed by atoms with E-state index in [-0.39, 0.29) is 17.0 Å². The lowest BCUT2D eigenvalue weighted by Crippen LogP contribution is -2.38. The fourth-order valence-corrected chi connectivity index (χ4v) is 2.78. The Morgan fingerprint density at radius 2 is 1.91 bits per heavy atom. The number of H-pyrrole nitrogens is 1. The number of aromatic nitrogens is 1. The average Bonchev–Trinajstić information content (AvgIpc) is 3.08. The van der Waals surface area contributed by atoms with Crippen molar-refractivity contribution in [1.29, 1.82) is 0 Å². The number of carbonyl (C=O) groups excluding carboxylic acids is 2. The number of ether oxygens (including phenoxy) is 1. The van der Waals surface area contributed by atoms with Crippen molar-refractivity contribution < 1.29 is 14.3 Å². The number of amides is 1. The normalized spacial score (nSPS) is 15.6. The molecule has 120 valence electrons. The quantitative estimate of drug-likeness (QED) is 0.875. The van der Waals surface area contributed by atoms with Crippen LogP contribution < -0.4 is 5.43 Å². The Kier molecular flexibility index (Phi) is 4.14. The Labute approximate surface area is 133 Å². The van der Waals surface area contributed by atoms with Gasteiger partial charge in [-0.1, -0.05) is 12.1 Å². The van der Waals surface area contributed by atoms with Gasteiger partial charge in [0.25, 0.3) is 5.91 Å². The summed E-state index contributed by atoms with van der Waals surface area (Å²) < 4.78 is 5.21. The first-order valence-corrected chi connectivity index (χ1v) is 7.68. The van der Waals surface area contributed by atoms with Crippen LogP contribution in [0.5, 0.6) is 0 Å². The molecule has 2 heterocycles. The first-order valence-electron chi connectivity index (χ1n) is 7.68. The van der Waals surface area contributed by atoms with Gasteiger partial charge in [0, 0.05) is 30.1 Å². The highest BCUT2D eigenvalue weighted by Gasteiger charge is 2.26. The molecule has 1 saturated heterocycles. The van der Waals surface area contributed by atoms with E-state index >= 15 is 0 Å². The number of likely N-dealkylation sites (tertiary alicyclic amines) is 1. The summed E-state index contributed by atoms with van der Waals surface area (Å²) in [6.45, 7) is 2.96. The summed E-state index contributed by atoms with van der Waals surface area (Å²) in [6.07, 6.45) is 1.09. The molecule has 0 spiro atoms. The number of hydrogen-bond acceptors (Lipinski definition) is 4. The molecule has 0 unspecified atom stereocenters. The number of fused-ring (bicyclic) bond motifs is 1. The minimum Gasteiger partial charge on any atom is -0.448 e. The van der Waals surface area contributed by atoms with Crippen molar-refractivity contribution in [3.05, 3.63) is 46.2 Å². The van der Waals surface area contributed by atoms with Gasteiger partial charge in [0.05, 0.1) is 0 Å². The van der Waals surface area contributed by atoms with Crippen molar-refractivity contribution in [1.82, 2.24) is 9.88 Å². The monoisotopic (exact) mass is 314 g/mol. The highest BCUT2D eigenvalue weighted by Crippen LogP contribution is 2.12. The molecule has 6 heteroatoms. The maximum absolute atomic E-state index is 12.2. The molecule has 1 atom stereocenters. The number of esters is 1. The molecule has 0 saturated carbocycles. The lowest BCUT2D eigenvalue weighted by atomic mass is 10.2. The third-order valence-corrected chi connectivity index (χ3v) is 4.01. The van der Waals surface area contributed by atoms with Gasteiger partial charge in [-0.05, 0) is 31.9 Å². The maximum Gasteiger partial charge on any atom is 0.355 e.